The largest absolute Gasteiger partial charge is 0.506 e. The minimum Gasteiger partial charge on any atom is -0.506 e. The number of benzene rings is 1. The first-order chi connectivity index (χ1) is 12.4. The Bertz CT molecular complexity index is 865. The van der Waals surface area contributed by atoms with Gasteiger partial charge in [-0.2, -0.15) is 10.1 Å². The van der Waals surface area contributed by atoms with Gasteiger partial charge in [-0.25, -0.2) is 0 Å². The molecule has 4 atom stereocenters. The van der Waals surface area contributed by atoms with Gasteiger partial charge in [0.25, 0.3) is 17.5 Å². The number of rotatable bonds is 3. The van der Waals surface area contributed by atoms with Crippen LogP contribution < -0.4 is 0 Å². The number of imide groups is 1. The van der Waals surface area contributed by atoms with Gasteiger partial charge in [-0.15, -0.1) is 0 Å². The fraction of sp³-hybridized carbons (Fsp3) is 0.353. The molecule has 8 nitrogen and oxygen atoms in total. The number of amides is 2. The van der Waals surface area contributed by atoms with Crippen molar-refractivity contribution in [2.75, 3.05) is 0 Å². The van der Waals surface area contributed by atoms with Crippen molar-refractivity contribution in [3.05, 3.63) is 44.4 Å². The number of hydrogen-bond acceptors (Lipinski definition) is 6. The number of nitro benzene ring substituents is 1. The molecule has 3 aliphatic carbocycles. The number of hydrazone groups is 1. The van der Waals surface area contributed by atoms with Crippen LogP contribution in [0.1, 0.15) is 18.4 Å². The molecule has 2 fully saturated rings. The van der Waals surface area contributed by atoms with E-state index < -0.39 is 4.92 Å². The van der Waals surface area contributed by atoms with E-state index in [-0.39, 0.29) is 57.0 Å². The SMILES string of the molecule is O=C1[C@H]2[C@H](C(=O)N1/N=C\c1cc([N+](=O)[O-])cc(Br)c1O)[C@@H]1C=C[C@@H]2CC1. The molecule has 1 aromatic carbocycles. The Hall–Kier alpha value is -2.55. The van der Waals surface area contributed by atoms with E-state index in [1.807, 2.05) is 12.2 Å². The summed E-state index contributed by atoms with van der Waals surface area (Å²) in [6, 6.07) is 2.30. The van der Waals surface area contributed by atoms with Crippen LogP contribution in [-0.2, 0) is 9.59 Å². The van der Waals surface area contributed by atoms with Gasteiger partial charge in [-0.1, -0.05) is 12.2 Å². The number of halogens is 1. The zero-order valence-electron chi connectivity index (χ0n) is 13.4. The summed E-state index contributed by atoms with van der Waals surface area (Å²) < 4.78 is 0.128. The lowest BCUT2D eigenvalue weighted by molar-refractivity contribution is -0.385. The van der Waals surface area contributed by atoms with E-state index in [0.717, 1.165) is 36.2 Å². The van der Waals surface area contributed by atoms with Crippen LogP contribution in [-0.4, -0.2) is 33.1 Å². The fourth-order valence-electron chi connectivity index (χ4n) is 4.10. The Morgan fingerprint density at radius 1 is 1.19 bits per heavy atom. The zero-order valence-corrected chi connectivity index (χ0v) is 15.0. The summed E-state index contributed by atoms with van der Waals surface area (Å²) in [7, 11) is 0. The molecule has 1 aromatic rings. The van der Waals surface area contributed by atoms with Crippen LogP contribution in [0.15, 0.2) is 33.9 Å². The average molecular weight is 420 g/mol. The van der Waals surface area contributed by atoms with Crippen molar-refractivity contribution in [1.82, 2.24) is 5.01 Å². The molecular weight excluding hydrogens is 406 g/mol. The maximum Gasteiger partial charge on any atom is 0.271 e. The quantitative estimate of drug-likeness (QED) is 0.266. The van der Waals surface area contributed by atoms with Crippen molar-refractivity contribution in [3.8, 4) is 5.75 Å². The van der Waals surface area contributed by atoms with Gasteiger partial charge in [0.05, 0.1) is 27.4 Å². The molecule has 9 heteroatoms. The maximum absolute atomic E-state index is 12.7. The number of phenols is 1. The number of phenolic OH excluding ortho intramolecular Hbond substituents is 1. The topological polar surface area (TPSA) is 113 Å². The average Bonchev–Trinajstić information content (AvgIpc) is 2.90. The molecule has 0 unspecified atom stereocenters. The van der Waals surface area contributed by atoms with Gasteiger partial charge in [-0.05, 0) is 40.6 Å². The molecule has 1 N–H and O–H groups in total. The number of aromatic hydroxyl groups is 1. The molecule has 1 saturated carbocycles. The van der Waals surface area contributed by atoms with E-state index in [0.29, 0.717) is 0 Å². The molecule has 0 radical (unpaired) electrons. The number of nitrogens with zero attached hydrogens (tertiary/aromatic N) is 3. The van der Waals surface area contributed by atoms with E-state index in [1.54, 1.807) is 0 Å². The van der Waals surface area contributed by atoms with Crippen molar-refractivity contribution in [2.24, 2.45) is 28.8 Å². The van der Waals surface area contributed by atoms with E-state index in [2.05, 4.69) is 21.0 Å². The van der Waals surface area contributed by atoms with Gasteiger partial charge >= 0.3 is 0 Å². The van der Waals surface area contributed by atoms with E-state index in [1.165, 1.54) is 0 Å². The third kappa shape index (κ3) is 2.45. The summed E-state index contributed by atoms with van der Waals surface area (Å²) in [4.78, 5) is 35.7. The molecule has 2 amide bonds. The number of carbonyl (C=O) groups is 2. The number of hydrogen-bond donors (Lipinski definition) is 1. The molecule has 0 spiro atoms. The normalized spacial score (nSPS) is 29.7. The van der Waals surface area contributed by atoms with Gasteiger partial charge in [0.2, 0.25) is 0 Å². The summed E-state index contributed by atoms with van der Waals surface area (Å²) in [5.41, 5.74) is -0.200. The second-order valence-corrected chi connectivity index (χ2v) is 7.55. The molecule has 2 bridgehead atoms. The number of nitro groups is 1. The summed E-state index contributed by atoms with van der Waals surface area (Å²) in [6.07, 6.45) is 6.90. The van der Waals surface area contributed by atoms with Crippen molar-refractivity contribution in [1.29, 1.82) is 0 Å². The van der Waals surface area contributed by atoms with Crippen LogP contribution in [0.2, 0.25) is 0 Å². The highest BCUT2D eigenvalue weighted by atomic mass is 79.9. The second-order valence-electron chi connectivity index (χ2n) is 6.70. The molecule has 1 aliphatic heterocycles. The lowest BCUT2D eigenvalue weighted by Crippen LogP contribution is -2.38. The molecule has 1 saturated heterocycles. The van der Waals surface area contributed by atoms with Gasteiger partial charge in [0.15, 0.2) is 0 Å². The minimum absolute atomic E-state index is 0.0441. The van der Waals surface area contributed by atoms with Crippen LogP contribution >= 0.6 is 15.9 Å². The number of carbonyl (C=O) groups excluding carboxylic acids is 2. The second kappa shape index (κ2) is 6.01. The predicted molar refractivity (Wildman–Crippen MR) is 94.2 cm³/mol. The lowest BCUT2D eigenvalue weighted by atomic mass is 9.63. The smallest absolute Gasteiger partial charge is 0.271 e. The maximum atomic E-state index is 12.7. The van der Waals surface area contributed by atoms with Crippen LogP contribution in [0.3, 0.4) is 0 Å². The molecule has 5 rings (SSSR count). The van der Waals surface area contributed by atoms with Crippen LogP contribution in [0.25, 0.3) is 0 Å². The third-order valence-corrected chi connectivity index (χ3v) is 5.94. The van der Waals surface area contributed by atoms with E-state index in [4.69, 9.17) is 0 Å². The third-order valence-electron chi connectivity index (χ3n) is 5.34. The van der Waals surface area contributed by atoms with Gasteiger partial charge < -0.3 is 5.11 Å². The van der Waals surface area contributed by atoms with Gasteiger partial charge in [0, 0.05) is 17.7 Å². The Kier molecular flexibility index (Phi) is 3.91. The van der Waals surface area contributed by atoms with Crippen LogP contribution in [0, 0.1) is 33.8 Å². The highest BCUT2D eigenvalue weighted by Crippen LogP contribution is 2.49. The standard InChI is InChI=1S/C17H14BrN3O5/c18-12-6-11(21(25)26)5-10(15(12)22)7-19-20-16(23)13-8-1-2-9(4-3-8)14(13)17(20)24/h1-2,5-9,13-14,22H,3-4H2/b19-7-/t8-,9-,13-,14-/m1/s1. The summed E-state index contributed by atoms with van der Waals surface area (Å²) in [5.74, 6) is -1.59. The Balaban J connectivity index is 1.65. The Labute approximate surface area is 156 Å². The Morgan fingerprint density at radius 3 is 2.27 bits per heavy atom. The number of fused-ring (bicyclic) bond motifs is 1. The molecule has 26 heavy (non-hydrogen) atoms. The van der Waals surface area contributed by atoms with Gasteiger partial charge in [0.1, 0.15) is 5.75 Å². The van der Waals surface area contributed by atoms with Gasteiger partial charge in [-0.3, -0.25) is 19.7 Å². The van der Waals surface area contributed by atoms with Crippen molar-refractivity contribution >= 4 is 39.6 Å². The first-order valence-corrected chi connectivity index (χ1v) is 8.95. The first kappa shape index (κ1) is 16.9. The minimum atomic E-state index is -0.606. The molecule has 4 aliphatic rings. The zero-order chi connectivity index (χ0) is 18.6. The molecule has 134 valence electrons. The van der Waals surface area contributed by atoms with E-state index in [9.17, 15) is 24.8 Å². The summed E-state index contributed by atoms with van der Waals surface area (Å²) in [6.45, 7) is 0. The van der Waals surface area contributed by atoms with Crippen molar-refractivity contribution < 1.29 is 19.6 Å². The van der Waals surface area contributed by atoms with Crippen LogP contribution in [0.4, 0.5) is 5.69 Å². The van der Waals surface area contributed by atoms with Crippen molar-refractivity contribution in [2.45, 2.75) is 12.8 Å². The summed E-state index contributed by atoms with van der Waals surface area (Å²) >= 11 is 3.04. The molecule has 1 heterocycles. The predicted octanol–water partition coefficient (Wildman–Crippen LogP) is 2.59. The van der Waals surface area contributed by atoms with Crippen LogP contribution in [0.5, 0.6) is 5.75 Å². The number of non-ortho nitro benzene ring substituents is 1. The van der Waals surface area contributed by atoms with E-state index >= 15 is 0 Å². The number of allylic oxidation sites excluding steroid dienone is 2. The fourth-order valence-corrected chi connectivity index (χ4v) is 4.56. The highest BCUT2D eigenvalue weighted by molar-refractivity contribution is 9.10. The molecule has 0 aromatic heterocycles. The molecular formula is C17H14BrN3O5. The lowest BCUT2D eigenvalue weighted by Gasteiger charge is -2.37. The monoisotopic (exact) mass is 419 g/mol. The summed E-state index contributed by atoms with van der Waals surface area (Å²) in [5, 5.41) is 25.8. The Morgan fingerprint density at radius 2 is 1.77 bits per heavy atom. The van der Waals surface area contributed by atoms with Crippen molar-refractivity contribution in [3.63, 3.8) is 0 Å². The highest BCUT2D eigenvalue weighted by Gasteiger charge is 2.56. The first-order valence-electron chi connectivity index (χ1n) is 8.15.